The van der Waals surface area contributed by atoms with Gasteiger partial charge in [0.15, 0.2) is 0 Å². The number of halogens is 1. The first-order valence-corrected chi connectivity index (χ1v) is 11.9. The van der Waals surface area contributed by atoms with E-state index >= 15 is 0 Å². The van der Waals surface area contributed by atoms with Crippen molar-refractivity contribution < 1.29 is 23.8 Å². The molecule has 2 aromatic carbocycles. The second kappa shape index (κ2) is 11.9. The van der Waals surface area contributed by atoms with Crippen molar-refractivity contribution in [2.24, 2.45) is 5.73 Å². The van der Waals surface area contributed by atoms with Gasteiger partial charge in [-0.15, -0.1) is 0 Å². The fraction of sp³-hybridized carbons (Fsp3) is 0.308. The monoisotopic (exact) mass is 527 g/mol. The van der Waals surface area contributed by atoms with E-state index in [0.29, 0.717) is 45.7 Å². The summed E-state index contributed by atoms with van der Waals surface area (Å²) in [6.07, 6.45) is 0. The molecular formula is C26H30ClN5O5. The van der Waals surface area contributed by atoms with E-state index in [0.717, 1.165) is 0 Å². The number of rotatable bonds is 9. The molecule has 0 aliphatic rings. The Bertz CT molecular complexity index is 1260. The van der Waals surface area contributed by atoms with E-state index < -0.39 is 23.6 Å². The van der Waals surface area contributed by atoms with Crippen LogP contribution in [0, 0.1) is 0 Å². The quantitative estimate of drug-likeness (QED) is 0.272. The zero-order chi connectivity index (χ0) is 27.2. The number of nitrogens with zero attached hydrogens (tertiary/aromatic N) is 2. The van der Waals surface area contributed by atoms with Crippen LogP contribution in [0.25, 0.3) is 11.3 Å². The number of hydrogen-bond acceptors (Lipinski definition) is 10. The zero-order valence-electron chi connectivity index (χ0n) is 21.1. The lowest BCUT2D eigenvalue weighted by Gasteiger charge is -2.21. The first kappa shape index (κ1) is 27.7. The standard InChI is InChI=1S/C26H30ClN5O5/c1-5-35-20-11-8-16(27)12-18(20)19-13-21(32-25(29)31-19)30-17-9-6-15(7-10-17)14-36-23(33)22(28)24(34)37-26(2,3)4/h6-13,22H,5,14,28H2,1-4H3,(H3,29,30,31,32). The van der Waals surface area contributed by atoms with Crippen molar-refractivity contribution in [1.29, 1.82) is 0 Å². The maximum Gasteiger partial charge on any atom is 0.335 e. The molecule has 11 heteroatoms. The summed E-state index contributed by atoms with van der Waals surface area (Å²) < 4.78 is 16.0. The van der Waals surface area contributed by atoms with Crippen molar-refractivity contribution in [3.8, 4) is 17.0 Å². The van der Waals surface area contributed by atoms with Crippen molar-refractivity contribution in [3.63, 3.8) is 0 Å². The smallest absolute Gasteiger partial charge is 0.335 e. The fourth-order valence-electron chi connectivity index (χ4n) is 3.19. The number of hydrogen-bond donors (Lipinski definition) is 3. The first-order chi connectivity index (χ1) is 17.4. The molecule has 0 saturated heterocycles. The van der Waals surface area contributed by atoms with Gasteiger partial charge in [-0.2, -0.15) is 4.98 Å². The van der Waals surface area contributed by atoms with E-state index in [1.165, 1.54) is 0 Å². The van der Waals surface area contributed by atoms with Gasteiger partial charge >= 0.3 is 11.9 Å². The lowest BCUT2D eigenvalue weighted by molar-refractivity contribution is -0.164. The van der Waals surface area contributed by atoms with Crippen LogP contribution in [0.3, 0.4) is 0 Å². The molecule has 0 radical (unpaired) electrons. The van der Waals surface area contributed by atoms with Gasteiger partial charge in [-0.3, -0.25) is 0 Å². The molecule has 0 amide bonds. The number of carbonyl (C=O) groups excluding carboxylic acids is 2. The normalized spacial score (nSPS) is 11.9. The Morgan fingerprint density at radius 3 is 2.41 bits per heavy atom. The maximum atomic E-state index is 12.1. The molecule has 10 nitrogen and oxygen atoms in total. The van der Waals surface area contributed by atoms with Gasteiger partial charge in [-0.25, -0.2) is 14.6 Å². The average molecular weight is 528 g/mol. The van der Waals surface area contributed by atoms with Crippen LogP contribution in [0.5, 0.6) is 5.75 Å². The Labute approximate surface area is 220 Å². The largest absolute Gasteiger partial charge is 0.493 e. The first-order valence-electron chi connectivity index (χ1n) is 11.5. The predicted molar refractivity (Wildman–Crippen MR) is 141 cm³/mol. The Kier molecular flexibility index (Phi) is 8.90. The molecule has 5 N–H and O–H groups in total. The highest BCUT2D eigenvalue weighted by Gasteiger charge is 2.29. The number of nitrogens with one attached hydrogen (secondary N) is 1. The minimum absolute atomic E-state index is 0.0603. The second-order valence-corrected chi connectivity index (χ2v) is 9.45. The summed E-state index contributed by atoms with van der Waals surface area (Å²) in [6, 6.07) is 12.6. The number of carbonyl (C=O) groups is 2. The molecule has 0 bridgehead atoms. The van der Waals surface area contributed by atoms with E-state index in [9.17, 15) is 9.59 Å². The molecule has 1 aromatic heterocycles. The van der Waals surface area contributed by atoms with Crippen molar-refractivity contribution in [2.75, 3.05) is 17.7 Å². The Hall–Kier alpha value is -3.89. The van der Waals surface area contributed by atoms with Crippen LogP contribution in [-0.2, 0) is 25.7 Å². The van der Waals surface area contributed by atoms with E-state index in [1.807, 2.05) is 6.92 Å². The number of anilines is 3. The summed E-state index contributed by atoms with van der Waals surface area (Å²) in [6.45, 7) is 7.36. The van der Waals surface area contributed by atoms with Gasteiger partial charge in [0.1, 0.15) is 23.8 Å². The molecule has 0 fully saturated rings. The second-order valence-electron chi connectivity index (χ2n) is 9.01. The molecule has 3 rings (SSSR count). The van der Waals surface area contributed by atoms with Crippen molar-refractivity contribution in [2.45, 2.75) is 45.9 Å². The van der Waals surface area contributed by atoms with E-state index in [2.05, 4.69) is 15.3 Å². The molecule has 37 heavy (non-hydrogen) atoms. The molecule has 1 atom stereocenters. The summed E-state index contributed by atoms with van der Waals surface area (Å²) in [5.41, 5.74) is 13.5. The van der Waals surface area contributed by atoms with Crippen LogP contribution in [0.2, 0.25) is 5.02 Å². The molecule has 196 valence electrons. The molecule has 1 unspecified atom stereocenters. The van der Waals surface area contributed by atoms with Gasteiger partial charge in [0, 0.05) is 22.3 Å². The van der Waals surface area contributed by atoms with Crippen LogP contribution < -0.4 is 21.5 Å². The van der Waals surface area contributed by atoms with Gasteiger partial charge in [0.2, 0.25) is 12.0 Å². The Morgan fingerprint density at radius 1 is 1.05 bits per heavy atom. The summed E-state index contributed by atoms with van der Waals surface area (Å²) in [7, 11) is 0. The number of aromatic nitrogens is 2. The SMILES string of the molecule is CCOc1ccc(Cl)cc1-c1cc(Nc2ccc(COC(=O)C(N)C(=O)OC(C)(C)C)cc2)nc(N)n1. The number of benzene rings is 2. The van der Waals surface area contributed by atoms with E-state index in [1.54, 1.807) is 69.3 Å². The summed E-state index contributed by atoms with van der Waals surface area (Å²) >= 11 is 6.19. The minimum atomic E-state index is -1.51. The average Bonchev–Trinajstić information content (AvgIpc) is 2.82. The van der Waals surface area contributed by atoms with Gasteiger partial charge < -0.3 is 31.0 Å². The Balaban J connectivity index is 1.67. The minimum Gasteiger partial charge on any atom is -0.493 e. The van der Waals surface area contributed by atoms with Gasteiger partial charge in [0.25, 0.3) is 0 Å². The lowest BCUT2D eigenvalue weighted by Crippen LogP contribution is -2.43. The van der Waals surface area contributed by atoms with Crippen LogP contribution >= 0.6 is 11.6 Å². The van der Waals surface area contributed by atoms with Crippen molar-refractivity contribution in [3.05, 3.63) is 59.1 Å². The third-order valence-electron chi connectivity index (χ3n) is 4.78. The van der Waals surface area contributed by atoms with Crippen molar-refractivity contribution >= 4 is 41.0 Å². The molecule has 0 aliphatic heterocycles. The van der Waals surface area contributed by atoms with Gasteiger partial charge in [-0.05, 0) is 63.6 Å². The number of esters is 2. The van der Waals surface area contributed by atoms with Crippen LogP contribution in [0.15, 0.2) is 48.5 Å². The fourth-order valence-corrected chi connectivity index (χ4v) is 3.36. The summed E-state index contributed by atoms with van der Waals surface area (Å²) in [5, 5.41) is 3.71. The molecule has 3 aromatic rings. The number of nitrogens with two attached hydrogens (primary N) is 2. The summed E-state index contributed by atoms with van der Waals surface area (Å²) in [5.74, 6) is -0.541. The summed E-state index contributed by atoms with van der Waals surface area (Å²) in [4.78, 5) is 32.6. The van der Waals surface area contributed by atoms with Gasteiger partial charge in [0.05, 0.1) is 12.3 Å². The predicted octanol–water partition coefficient (Wildman–Crippen LogP) is 4.23. The maximum absolute atomic E-state index is 12.1. The molecule has 0 aliphatic carbocycles. The highest BCUT2D eigenvalue weighted by atomic mass is 35.5. The zero-order valence-corrected chi connectivity index (χ0v) is 21.8. The topological polar surface area (TPSA) is 152 Å². The molecule has 0 spiro atoms. The van der Waals surface area contributed by atoms with Crippen LogP contribution in [0.4, 0.5) is 17.5 Å². The Morgan fingerprint density at radius 2 is 1.76 bits per heavy atom. The molecule has 0 saturated carbocycles. The van der Waals surface area contributed by atoms with Crippen molar-refractivity contribution in [1.82, 2.24) is 9.97 Å². The van der Waals surface area contributed by atoms with Gasteiger partial charge in [-0.1, -0.05) is 23.7 Å². The number of ether oxygens (including phenoxy) is 3. The van der Waals surface area contributed by atoms with Crippen LogP contribution in [0.1, 0.15) is 33.3 Å². The highest BCUT2D eigenvalue weighted by molar-refractivity contribution is 6.31. The third kappa shape index (κ3) is 8.06. The third-order valence-corrected chi connectivity index (χ3v) is 5.02. The number of nitrogen functional groups attached to an aromatic ring is 1. The lowest BCUT2D eigenvalue weighted by atomic mass is 10.1. The van der Waals surface area contributed by atoms with E-state index in [4.69, 9.17) is 37.3 Å². The molecular weight excluding hydrogens is 498 g/mol. The van der Waals surface area contributed by atoms with Crippen LogP contribution in [-0.4, -0.2) is 40.2 Å². The van der Waals surface area contributed by atoms with E-state index in [-0.39, 0.29) is 12.6 Å². The molecule has 1 heterocycles. The highest BCUT2D eigenvalue weighted by Crippen LogP contribution is 2.33.